The Hall–Kier alpha value is -3.96. The molecule has 0 atom stereocenters. The lowest BCUT2D eigenvalue weighted by molar-refractivity contribution is -0.146. The van der Waals surface area contributed by atoms with Crippen LogP contribution in [0.15, 0.2) is 0 Å². The molecule has 70 heavy (non-hydrogen) atoms. The van der Waals surface area contributed by atoms with E-state index in [2.05, 4.69) is 87.3 Å². The number of carbonyl (C=O) groups is 6. The summed E-state index contributed by atoms with van der Waals surface area (Å²) in [7, 11) is 0. The summed E-state index contributed by atoms with van der Waals surface area (Å²) in [6.07, 6.45) is 5.38. The summed E-state index contributed by atoms with van der Waals surface area (Å²) in [6.45, 7) is 44.1. The number of fused-ring (bicyclic) bond motifs is 2. The van der Waals surface area contributed by atoms with E-state index in [1.807, 2.05) is 96.9 Å². The van der Waals surface area contributed by atoms with Crippen molar-refractivity contribution in [1.82, 2.24) is 31.9 Å². The van der Waals surface area contributed by atoms with E-state index >= 15 is 28.8 Å². The van der Waals surface area contributed by atoms with Crippen molar-refractivity contribution in [2.45, 2.75) is 263 Å². The first-order valence-electron chi connectivity index (χ1n) is 26.7. The Balaban J connectivity index is 2.55. The van der Waals surface area contributed by atoms with Gasteiger partial charge in [0.25, 0.3) is 11.8 Å². The van der Waals surface area contributed by atoms with Crippen LogP contribution in [0, 0.1) is 34.5 Å². The summed E-state index contributed by atoms with van der Waals surface area (Å²) in [5.74, 6) is -1.27. The second kappa shape index (κ2) is 22.0. The fourth-order valence-corrected chi connectivity index (χ4v) is 9.84. The van der Waals surface area contributed by atoms with Crippen LogP contribution in [-0.4, -0.2) is 68.7 Å². The lowest BCUT2D eigenvalue weighted by Gasteiger charge is -2.37. The lowest BCUT2D eigenvalue weighted by atomic mass is 9.78. The molecule has 0 aromatic heterocycles. The van der Waals surface area contributed by atoms with Gasteiger partial charge in [0.2, 0.25) is 23.6 Å². The Labute approximate surface area is 425 Å². The number of hydrogen-bond acceptors (Lipinski definition) is 6. The zero-order chi connectivity index (χ0) is 54.0. The Morgan fingerprint density at radius 2 is 0.543 bits per heavy atom. The molecule has 2 aliphatic rings. The summed E-state index contributed by atoms with van der Waals surface area (Å²) < 4.78 is 0. The Morgan fingerprint density at radius 3 is 0.700 bits per heavy atom. The lowest BCUT2D eigenvalue weighted by Crippen LogP contribution is -2.60. The second-order valence-electron chi connectivity index (χ2n) is 28.0. The summed E-state index contributed by atoms with van der Waals surface area (Å²) in [4.78, 5) is 92.3. The summed E-state index contributed by atoms with van der Waals surface area (Å²) >= 11 is 0. The maximum absolute atomic E-state index is 15.4. The molecule has 12 nitrogen and oxygen atoms in total. The largest absolute Gasteiger partial charge is 0.350 e. The van der Waals surface area contributed by atoms with Crippen molar-refractivity contribution in [3.05, 3.63) is 33.4 Å². The van der Waals surface area contributed by atoms with Gasteiger partial charge in [0.05, 0.1) is 0 Å². The minimum Gasteiger partial charge on any atom is -0.350 e. The molecule has 0 aliphatic heterocycles. The van der Waals surface area contributed by atoms with E-state index in [1.165, 1.54) is 0 Å². The first kappa shape index (κ1) is 60.3. The molecule has 0 heterocycles. The zero-order valence-electron chi connectivity index (χ0n) is 48.2. The van der Waals surface area contributed by atoms with Gasteiger partial charge in [-0.25, -0.2) is 0 Å². The fourth-order valence-electron chi connectivity index (χ4n) is 9.84. The van der Waals surface area contributed by atoms with Crippen LogP contribution in [0.3, 0.4) is 0 Å². The third kappa shape index (κ3) is 16.0. The zero-order valence-corrected chi connectivity index (χ0v) is 48.2. The van der Waals surface area contributed by atoms with Crippen LogP contribution in [0.25, 0.3) is 0 Å². The van der Waals surface area contributed by atoms with E-state index in [0.29, 0.717) is 71.6 Å². The van der Waals surface area contributed by atoms with Crippen LogP contribution in [0.4, 0.5) is 0 Å². The van der Waals surface area contributed by atoms with Gasteiger partial charge in [-0.1, -0.05) is 55.4 Å². The molecule has 6 amide bonds. The van der Waals surface area contributed by atoms with Crippen molar-refractivity contribution >= 4 is 35.4 Å². The Bertz CT molecular complexity index is 1830. The third-order valence-electron chi connectivity index (χ3n) is 14.2. The van der Waals surface area contributed by atoms with E-state index < -0.39 is 79.5 Å². The maximum Gasteiger partial charge on any atom is 0.252 e. The van der Waals surface area contributed by atoms with Gasteiger partial charge >= 0.3 is 0 Å². The number of amides is 6. The predicted octanol–water partition coefficient (Wildman–Crippen LogP) is 10.2. The van der Waals surface area contributed by atoms with Crippen LogP contribution < -0.4 is 31.9 Å². The monoisotopic (exact) mass is 977 g/mol. The number of rotatable bonds is 22. The average molecular weight is 977 g/mol. The van der Waals surface area contributed by atoms with Crippen molar-refractivity contribution in [1.29, 1.82) is 0 Å². The molecule has 0 saturated carbocycles. The highest BCUT2D eigenvalue weighted by Gasteiger charge is 2.59. The highest BCUT2D eigenvalue weighted by atomic mass is 16.2. The van der Waals surface area contributed by atoms with Gasteiger partial charge < -0.3 is 31.9 Å². The van der Waals surface area contributed by atoms with E-state index in [4.69, 9.17) is 0 Å². The molecule has 0 fully saturated rings. The normalized spacial score (nSPS) is 16.0. The molecule has 12 heteroatoms. The van der Waals surface area contributed by atoms with E-state index in [9.17, 15) is 0 Å². The van der Waals surface area contributed by atoms with Gasteiger partial charge in [0.15, 0.2) is 0 Å². The molecule has 398 valence electrons. The second-order valence-corrected chi connectivity index (χ2v) is 28.0. The van der Waals surface area contributed by atoms with Gasteiger partial charge in [0, 0.05) is 44.4 Å². The minimum atomic E-state index is -1.76. The van der Waals surface area contributed by atoms with E-state index in [1.54, 1.807) is 0 Å². The molecule has 0 bridgehead atoms. The molecule has 0 spiro atoms. The molecule has 1 aromatic carbocycles. The average Bonchev–Trinajstić information content (AvgIpc) is 3.76. The van der Waals surface area contributed by atoms with Gasteiger partial charge in [-0.05, 0) is 220 Å². The molecule has 6 N–H and O–H groups in total. The first-order valence-corrected chi connectivity index (χ1v) is 26.7. The predicted molar refractivity (Wildman–Crippen MR) is 286 cm³/mol. The molecule has 1 aromatic rings. The van der Waals surface area contributed by atoms with Gasteiger partial charge in [-0.2, -0.15) is 0 Å². The number of benzene rings is 1. The van der Waals surface area contributed by atoms with Crippen LogP contribution in [-0.2, 0) is 44.9 Å². The van der Waals surface area contributed by atoms with Crippen LogP contribution >= 0.6 is 0 Å². The van der Waals surface area contributed by atoms with Crippen molar-refractivity contribution in [3.63, 3.8) is 0 Å². The molecule has 3 rings (SSSR count). The van der Waals surface area contributed by atoms with Crippen LogP contribution in [0.1, 0.15) is 247 Å². The van der Waals surface area contributed by atoms with Crippen molar-refractivity contribution in [3.8, 4) is 0 Å². The Morgan fingerprint density at radius 1 is 0.357 bits per heavy atom. The topological polar surface area (TPSA) is 175 Å². The molecule has 0 saturated heterocycles. The van der Waals surface area contributed by atoms with Crippen molar-refractivity contribution in [2.24, 2.45) is 34.5 Å². The summed E-state index contributed by atoms with van der Waals surface area (Å²) in [6, 6.07) is 0. The van der Waals surface area contributed by atoms with Gasteiger partial charge in [0.1, 0.15) is 10.8 Å². The smallest absolute Gasteiger partial charge is 0.252 e. The number of hydrogen-bond donors (Lipinski definition) is 6. The summed E-state index contributed by atoms with van der Waals surface area (Å²) in [5, 5.41) is 19.5. The Kier molecular flexibility index (Phi) is 19.0. The first-order chi connectivity index (χ1) is 31.6. The van der Waals surface area contributed by atoms with E-state index in [0.717, 1.165) is 25.7 Å². The van der Waals surface area contributed by atoms with Crippen molar-refractivity contribution < 1.29 is 28.8 Å². The van der Waals surface area contributed by atoms with Crippen LogP contribution in [0.2, 0.25) is 0 Å². The SMILES string of the molecule is CC(C)CCC(C)(C)NC(=O)C1(C(=O)NC(C)(C)CCC(C)C)Cc2c(c(C(=O)NC(C)(C)C)c3c(c2C(=O)NC(C)(C)C)CC(C(=O)NC(C)(C)CCC(C)C)(C(=O)NC(C)(C)CCC(C)C)C3)C1. The van der Waals surface area contributed by atoms with Gasteiger partial charge in [-0.3, -0.25) is 28.8 Å². The molecular weight excluding hydrogens is 877 g/mol. The number of nitrogens with one attached hydrogen (secondary N) is 6. The highest BCUT2D eigenvalue weighted by molar-refractivity contribution is 6.12. The third-order valence-corrected chi connectivity index (χ3v) is 14.2. The van der Waals surface area contributed by atoms with Gasteiger partial charge in [-0.15, -0.1) is 0 Å². The molecule has 2 aliphatic carbocycles. The number of carbonyl (C=O) groups excluding carboxylic acids is 6. The van der Waals surface area contributed by atoms with Crippen molar-refractivity contribution in [2.75, 3.05) is 0 Å². The minimum absolute atomic E-state index is 0.174. The van der Waals surface area contributed by atoms with E-state index in [-0.39, 0.29) is 36.8 Å². The van der Waals surface area contributed by atoms with Crippen LogP contribution in [0.5, 0.6) is 0 Å². The fraction of sp³-hybridized carbons (Fsp3) is 0.793. The molecular formula is C58H100N6O6. The maximum atomic E-state index is 15.4. The standard InChI is InChI=1S/C58H100N6O6/c1-35(2)23-27-53(15,16)61-47(67)57(48(68)62-54(17,18)28-24-36(3)4)31-39-40(32-57)44(46(66)60-52(12,13)14)42-34-58(49(69)63-55(19,20)29-25-37(5)6,50(70)64-56(21,22)30-26-38(7)8)33-41(42)43(39)45(65)59-51(9,10)11/h35-38H,23-34H2,1-22H3,(H,59,65)(H,60,66)(H,61,67)(H,62,68)(H,63,69)(H,64,70). The highest BCUT2D eigenvalue weighted by Crippen LogP contribution is 2.50. The quantitative estimate of drug-likeness (QED) is 0.0631. The molecule has 0 radical (unpaired) electrons. The molecule has 0 unspecified atom stereocenters. The summed E-state index contributed by atoms with van der Waals surface area (Å²) in [5.41, 5.74) is -5.66.